The Morgan fingerprint density at radius 1 is 1.06 bits per heavy atom. The van der Waals surface area contributed by atoms with E-state index in [1.54, 1.807) is 12.3 Å². The second-order valence-corrected chi connectivity index (χ2v) is 10.6. The first-order chi connectivity index (χ1) is 16.3. The number of benzene rings is 1. The number of pyridine rings is 1. The van der Waals surface area contributed by atoms with Crippen LogP contribution in [0.25, 0.3) is 0 Å². The Morgan fingerprint density at radius 2 is 1.74 bits per heavy atom. The summed E-state index contributed by atoms with van der Waals surface area (Å²) in [6.07, 6.45) is 4.80. The number of likely N-dealkylation sites (N-methyl/N-ethyl adjacent to an activating group) is 1. The molecule has 2 aliphatic heterocycles. The molecule has 1 spiro atoms. The molecule has 1 N–H and O–H groups in total. The standard InChI is InChI=1S/C28H38N4O2/c1-20(2)25(30-26(33)24-18-21(3)10-14-29-24)27(34)32-16-12-28(13-17-32)11-15-31(4)19-23(28)22-8-6-5-7-9-22/h5-10,14,18,20,23,25H,11-13,15-17,19H2,1-4H3,(H,30,33)/t23?,25-/m1/s1. The zero-order valence-corrected chi connectivity index (χ0v) is 21.0. The molecule has 2 amide bonds. The van der Waals surface area contributed by atoms with Gasteiger partial charge in [-0.2, -0.15) is 0 Å². The largest absolute Gasteiger partial charge is 0.341 e. The molecule has 2 fully saturated rings. The molecule has 6 heteroatoms. The Balaban J connectivity index is 1.45. The molecule has 6 nitrogen and oxygen atoms in total. The average molecular weight is 463 g/mol. The Bertz CT molecular complexity index is 998. The highest BCUT2D eigenvalue weighted by Gasteiger charge is 2.46. The van der Waals surface area contributed by atoms with Crippen LogP contribution in [0.2, 0.25) is 0 Å². The van der Waals surface area contributed by atoms with Gasteiger partial charge in [0.05, 0.1) is 0 Å². The number of nitrogens with one attached hydrogen (secondary N) is 1. The minimum Gasteiger partial charge on any atom is -0.341 e. The predicted octanol–water partition coefficient (Wildman–Crippen LogP) is 3.87. The van der Waals surface area contributed by atoms with Crippen molar-refractivity contribution in [3.8, 4) is 0 Å². The molecule has 2 saturated heterocycles. The number of likely N-dealkylation sites (tertiary alicyclic amines) is 2. The van der Waals surface area contributed by atoms with Crippen LogP contribution in [0.5, 0.6) is 0 Å². The van der Waals surface area contributed by atoms with E-state index in [-0.39, 0.29) is 23.1 Å². The minimum atomic E-state index is -0.550. The van der Waals surface area contributed by atoms with Crippen molar-refractivity contribution in [2.24, 2.45) is 11.3 Å². The molecular weight excluding hydrogens is 424 g/mol. The lowest BCUT2D eigenvalue weighted by Gasteiger charge is -2.52. The highest BCUT2D eigenvalue weighted by Crippen LogP contribution is 2.49. The maximum atomic E-state index is 13.5. The van der Waals surface area contributed by atoms with Crippen molar-refractivity contribution >= 4 is 11.8 Å². The Morgan fingerprint density at radius 3 is 2.38 bits per heavy atom. The topological polar surface area (TPSA) is 65.5 Å². The summed E-state index contributed by atoms with van der Waals surface area (Å²) in [5.74, 6) is 0.217. The van der Waals surface area contributed by atoms with Crippen molar-refractivity contribution < 1.29 is 9.59 Å². The van der Waals surface area contributed by atoms with E-state index in [0.29, 0.717) is 11.6 Å². The molecule has 1 aromatic carbocycles. The van der Waals surface area contributed by atoms with Gasteiger partial charge in [0.25, 0.3) is 5.91 Å². The molecule has 182 valence electrons. The molecule has 3 heterocycles. The summed E-state index contributed by atoms with van der Waals surface area (Å²) in [5, 5.41) is 2.97. The smallest absolute Gasteiger partial charge is 0.270 e. The fourth-order valence-electron chi connectivity index (χ4n) is 5.69. The molecule has 4 rings (SSSR count). The van der Waals surface area contributed by atoms with Gasteiger partial charge < -0.3 is 15.1 Å². The summed E-state index contributed by atoms with van der Waals surface area (Å²) in [6.45, 7) is 9.55. The number of rotatable bonds is 5. The molecule has 34 heavy (non-hydrogen) atoms. The van der Waals surface area contributed by atoms with Crippen molar-refractivity contribution in [3.05, 3.63) is 65.5 Å². The van der Waals surface area contributed by atoms with Gasteiger partial charge in [0, 0.05) is 31.7 Å². The number of carbonyl (C=O) groups excluding carboxylic acids is 2. The van der Waals surface area contributed by atoms with Gasteiger partial charge in [-0.3, -0.25) is 14.6 Å². The Hall–Kier alpha value is -2.73. The van der Waals surface area contributed by atoms with E-state index in [1.807, 2.05) is 31.7 Å². The molecule has 0 saturated carbocycles. The van der Waals surface area contributed by atoms with Gasteiger partial charge in [0.2, 0.25) is 5.91 Å². The van der Waals surface area contributed by atoms with E-state index in [1.165, 1.54) is 5.56 Å². The van der Waals surface area contributed by atoms with E-state index in [0.717, 1.165) is 51.0 Å². The van der Waals surface area contributed by atoms with Crippen LogP contribution in [-0.4, -0.2) is 65.9 Å². The second-order valence-electron chi connectivity index (χ2n) is 10.6. The Kier molecular flexibility index (Phi) is 7.36. The van der Waals surface area contributed by atoms with Gasteiger partial charge in [-0.05, 0) is 74.4 Å². The minimum absolute atomic E-state index is 0.00227. The summed E-state index contributed by atoms with van der Waals surface area (Å²) >= 11 is 0. The van der Waals surface area contributed by atoms with Crippen LogP contribution in [0.4, 0.5) is 0 Å². The fraction of sp³-hybridized carbons (Fsp3) is 0.536. The monoisotopic (exact) mass is 462 g/mol. The second kappa shape index (κ2) is 10.3. The molecule has 2 aromatic rings. The van der Waals surface area contributed by atoms with Gasteiger partial charge in [-0.25, -0.2) is 0 Å². The third-order valence-corrected chi connectivity index (χ3v) is 7.87. The fourth-order valence-corrected chi connectivity index (χ4v) is 5.69. The maximum absolute atomic E-state index is 13.5. The van der Waals surface area contributed by atoms with Crippen molar-refractivity contribution in [1.82, 2.24) is 20.1 Å². The highest BCUT2D eigenvalue weighted by atomic mass is 16.2. The number of piperidine rings is 2. The lowest BCUT2D eigenvalue weighted by atomic mass is 9.62. The number of aryl methyl sites for hydroxylation is 1. The van der Waals surface area contributed by atoms with Gasteiger partial charge in [-0.15, -0.1) is 0 Å². The molecule has 1 unspecified atom stereocenters. The number of hydrogen-bond acceptors (Lipinski definition) is 4. The molecule has 0 bridgehead atoms. The third-order valence-electron chi connectivity index (χ3n) is 7.87. The van der Waals surface area contributed by atoms with Gasteiger partial charge >= 0.3 is 0 Å². The quantitative estimate of drug-likeness (QED) is 0.733. The van der Waals surface area contributed by atoms with E-state index < -0.39 is 6.04 Å². The SMILES string of the molecule is Cc1ccnc(C(=O)N[C@@H](C(=O)N2CCC3(CCN(C)CC3c3ccccc3)CC2)C(C)C)c1. The van der Waals surface area contributed by atoms with Crippen LogP contribution in [0, 0.1) is 18.3 Å². The van der Waals surface area contributed by atoms with Crippen LogP contribution >= 0.6 is 0 Å². The molecule has 0 aliphatic carbocycles. The summed E-state index contributed by atoms with van der Waals surface area (Å²) < 4.78 is 0. The van der Waals surface area contributed by atoms with Crippen LogP contribution in [-0.2, 0) is 4.79 Å². The van der Waals surface area contributed by atoms with Gasteiger partial charge in [-0.1, -0.05) is 44.2 Å². The Labute approximate surface area is 203 Å². The third kappa shape index (κ3) is 5.17. The summed E-state index contributed by atoms with van der Waals surface area (Å²) in [7, 11) is 2.21. The first kappa shape index (κ1) is 24.4. The first-order valence-electron chi connectivity index (χ1n) is 12.5. The molecule has 1 aromatic heterocycles. The van der Waals surface area contributed by atoms with Crippen molar-refractivity contribution in [3.63, 3.8) is 0 Å². The average Bonchev–Trinajstić information content (AvgIpc) is 2.84. The van der Waals surface area contributed by atoms with Crippen LogP contribution < -0.4 is 5.32 Å². The summed E-state index contributed by atoms with van der Waals surface area (Å²) in [5.41, 5.74) is 2.96. The number of aromatic nitrogens is 1. The summed E-state index contributed by atoms with van der Waals surface area (Å²) in [6, 6.07) is 13.9. The normalized spacial score (nSPS) is 21.4. The zero-order valence-electron chi connectivity index (χ0n) is 21.0. The lowest BCUT2D eigenvalue weighted by molar-refractivity contribution is -0.137. The van der Waals surface area contributed by atoms with Gasteiger partial charge in [0.1, 0.15) is 11.7 Å². The van der Waals surface area contributed by atoms with E-state index in [4.69, 9.17) is 0 Å². The number of carbonyl (C=O) groups is 2. The molecule has 2 aliphatic rings. The summed E-state index contributed by atoms with van der Waals surface area (Å²) in [4.78, 5) is 34.9. The molecular formula is C28H38N4O2. The van der Waals surface area contributed by atoms with Crippen molar-refractivity contribution in [2.45, 2.75) is 52.0 Å². The maximum Gasteiger partial charge on any atom is 0.270 e. The van der Waals surface area contributed by atoms with E-state index >= 15 is 0 Å². The van der Waals surface area contributed by atoms with Crippen molar-refractivity contribution in [2.75, 3.05) is 33.2 Å². The lowest BCUT2D eigenvalue weighted by Crippen LogP contribution is -2.56. The highest BCUT2D eigenvalue weighted by molar-refractivity contribution is 5.96. The molecule has 0 radical (unpaired) electrons. The van der Waals surface area contributed by atoms with Gasteiger partial charge in [0.15, 0.2) is 0 Å². The predicted molar refractivity (Wildman–Crippen MR) is 135 cm³/mol. The first-order valence-corrected chi connectivity index (χ1v) is 12.5. The molecule has 2 atom stereocenters. The van der Waals surface area contributed by atoms with Crippen LogP contribution in [0.1, 0.15) is 60.6 Å². The number of nitrogens with zero attached hydrogens (tertiary/aromatic N) is 3. The number of hydrogen-bond donors (Lipinski definition) is 1. The van der Waals surface area contributed by atoms with E-state index in [2.05, 4.69) is 52.6 Å². The van der Waals surface area contributed by atoms with E-state index in [9.17, 15) is 9.59 Å². The number of amides is 2. The zero-order chi connectivity index (χ0) is 24.3. The van der Waals surface area contributed by atoms with Crippen LogP contribution in [0.3, 0.4) is 0 Å². The van der Waals surface area contributed by atoms with Crippen LogP contribution in [0.15, 0.2) is 48.7 Å². The van der Waals surface area contributed by atoms with Crippen molar-refractivity contribution in [1.29, 1.82) is 0 Å².